The minimum Gasteiger partial charge on any atom is -0.309 e. The van der Waals surface area contributed by atoms with Crippen LogP contribution in [0, 0.1) is 11.3 Å². The van der Waals surface area contributed by atoms with E-state index in [-0.39, 0.29) is 17.6 Å². The second-order valence-corrected chi connectivity index (χ2v) is 5.20. The van der Waals surface area contributed by atoms with E-state index >= 15 is 0 Å². The summed E-state index contributed by atoms with van der Waals surface area (Å²) in [6, 6.07) is 6.36. The molecule has 0 saturated heterocycles. The Morgan fingerprint density at radius 3 is 2.26 bits per heavy atom. The molecule has 0 bridgehead atoms. The first kappa shape index (κ1) is 13.7. The van der Waals surface area contributed by atoms with Gasteiger partial charge in [-0.25, -0.2) is 0 Å². The number of hydrogen-bond acceptors (Lipinski definition) is 2. The highest BCUT2D eigenvalue weighted by atomic mass is 16.1. The number of carbonyl (C=O) groups is 1. The first-order valence-corrected chi connectivity index (χ1v) is 6.97. The molecular formula is C17H21NO. The molecule has 2 unspecified atom stereocenters. The van der Waals surface area contributed by atoms with E-state index in [9.17, 15) is 4.79 Å². The molecule has 1 aromatic rings. The smallest absolute Gasteiger partial charge is 0.153 e. The maximum absolute atomic E-state index is 12.3. The first-order valence-electron chi connectivity index (χ1n) is 6.97. The van der Waals surface area contributed by atoms with E-state index in [1.807, 2.05) is 0 Å². The van der Waals surface area contributed by atoms with Crippen molar-refractivity contribution in [2.75, 3.05) is 0 Å². The van der Waals surface area contributed by atoms with E-state index < -0.39 is 0 Å². The van der Waals surface area contributed by atoms with Gasteiger partial charge in [-0.3, -0.25) is 4.79 Å². The summed E-state index contributed by atoms with van der Waals surface area (Å²) in [7, 11) is 0. The topological polar surface area (TPSA) is 40.9 Å². The van der Waals surface area contributed by atoms with Gasteiger partial charge in [-0.1, -0.05) is 38.1 Å². The van der Waals surface area contributed by atoms with Crippen LogP contribution in [0.1, 0.15) is 42.9 Å². The van der Waals surface area contributed by atoms with Crippen molar-refractivity contribution in [2.24, 2.45) is 5.92 Å². The van der Waals surface area contributed by atoms with Crippen LogP contribution in [0.2, 0.25) is 0 Å². The van der Waals surface area contributed by atoms with Crippen LogP contribution in [0.3, 0.4) is 0 Å². The Bertz CT molecular complexity index is 508. The molecule has 1 aliphatic carbocycles. The predicted molar refractivity (Wildman–Crippen MR) is 79.0 cm³/mol. The summed E-state index contributed by atoms with van der Waals surface area (Å²) >= 11 is 0. The lowest BCUT2D eigenvalue weighted by Crippen LogP contribution is -2.14. The Labute approximate surface area is 115 Å². The molecule has 0 amide bonds. The van der Waals surface area contributed by atoms with Crippen molar-refractivity contribution in [1.82, 2.24) is 0 Å². The van der Waals surface area contributed by atoms with Crippen LogP contribution in [-0.4, -0.2) is 11.5 Å². The van der Waals surface area contributed by atoms with Crippen LogP contribution in [-0.2, 0) is 17.6 Å². The third kappa shape index (κ3) is 2.53. The Balaban J connectivity index is 2.43. The van der Waals surface area contributed by atoms with Crippen molar-refractivity contribution in [2.45, 2.75) is 39.0 Å². The van der Waals surface area contributed by atoms with Crippen LogP contribution in [0.15, 0.2) is 30.9 Å². The average molecular weight is 255 g/mol. The van der Waals surface area contributed by atoms with Crippen molar-refractivity contribution >= 4 is 11.5 Å². The maximum atomic E-state index is 12.3. The normalized spacial score (nSPS) is 22.8. The molecule has 2 heteroatoms. The van der Waals surface area contributed by atoms with Crippen LogP contribution < -0.4 is 0 Å². The Hall–Kier alpha value is -1.70. The van der Waals surface area contributed by atoms with E-state index in [0.717, 1.165) is 18.4 Å². The quantitative estimate of drug-likeness (QED) is 0.819. The standard InChI is InChI=1S/C17H21NO/c1-4-11-7-12(5-2)9-14(8-11)16-15(18)10-13(6-3)17(16)19/h6-9,13,16,18H,3-5,10H2,1-2H3. The Kier molecular flexibility index (Phi) is 3.98. The molecule has 100 valence electrons. The molecule has 1 saturated carbocycles. The highest BCUT2D eigenvalue weighted by molar-refractivity contribution is 6.16. The minimum absolute atomic E-state index is 0.135. The molecular weight excluding hydrogens is 234 g/mol. The van der Waals surface area contributed by atoms with Crippen LogP contribution in [0.5, 0.6) is 0 Å². The van der Waals surface area contributed by atoms with Crippen LogP contribution in [0.25, 0.3) is 0 Å². The van der Waals surface area contributed by atoms with Gasteiger partial charge in [0.2, 0.25) is 0 Å². The minimum atomic E-state index is -0.347. The highest BCUT2D eigenvalue weighted by Gasteiger charge is 2.37. The molecule has 1 N–H and O–H groups in total. The number of aryl methyl sites for hydroxylation is 2. The molecule has 1 fully saturated rings. The van der Waals surface area contributed by atoms with E-state index in [0.29, 0.717) is 12.1 Å². The molecule has 2 rings (SSSR count). The Morgan fingerprint density at radius 1 is 1.26 bits per heavy atom. The summed E-state index contributed by atoms with van der Waals surface area (Å²) in [5.41, 5.74) is 4.02. The molecule has 0 aliphatic heterocycles. The molecule has 0 heterocycles. The van der Waals surface area contributed by atoms with E-state index in [2.05, 4.69) is 38.6 Å². The summed E-state index contributed by atoms with van der Waals surface area (Å²) < 4.78 is 0. The molecule has 0 aromatic heterocycles. The molecule has 1 aromatic carbocycles. The summed E-state index contributed by atoms with van der Waals surface area (Å²) in [5.74, 6) is -0.386. The number of allylic oxidation sites excluding steroid dienone is 1. The molecule has 2 nitrogen and oxygen atoms in total. The van der Waals surface area contributed by atoms with Crippen molar-refractivity contribution < 1.29 is 4.79 Å². The van der Waals surface area contributed by atoms with Gasteiger partial charge in [0.25, 0.3) is 0 Å². The summed E-state index contributed by atoms with van der Waals surface area (Å²) in [6.45, 7) is 7.94. The van der Waals surface area contributed by atoms with E-state index in [4.69, 9.17) is 5.41 Å². The summed E-state index contributed by atoms with van der Waals surface area (Å²) in [4.78, 5) is 12.3. The SMILES string of the molecule is C=CC1CC(=N)C(c2cc(CC)cc(CC)c2)C1=O. The number of hydrogen-bond donors (Lipinski definition) is 1. The number of carbonyl (C=O) groups excluding carboxylic acids is 1. The number of nitrogens with one attached hydrogen (secondary N) is 1. The third-order valence-electron chi connectivity index (χ3n) is 3.95. The van der Waals surface area contributed by atoms with E-state index in [1.54, 1.807) is 6.08 Å². The zero-order chi connectivity index (χ0) is 14.0. The van der Waals surface area contributed by atoms with E-state index in [1.165, 1.54) is 11.1 Å². The lowest BCUT2D eigenvalue weighted by Gasteiger charge is -2.13. The van der Waals surface area contributed by atoms with Crippen molar-refractivity contribution in [1.29, 1.82) is 5.41 Å². The highest BCUT2D eigenvalue weighted by Crippen LogP contribution is 2.34. The average Bonchev–Trinajstić information content (AvgIpc) is 2.72. The van der Waals surface area contributed by atoms with Gasteiger partial charge in [-0.05, 0) is 36.0 Å². The lowest BCUT2D eigenvalue weighted by molar-refractivity contribution is -0.120. The second-order valence-electron chi connectivity index (χ2n) is 5.20. The fourth-order valence-corrected chi connectivity index (χ4v) is 2.77. The monoisotopic (exact) mass is 255 g/mol. The lowest BCUT2D eigenvalue weighted by atomic mass is 9.90. The Morgan fingerprint density at radius 2 is 1.84 bits per heavy atom. The van der Waals surface area contributed by atoms with Crippen LogP contribution in [0.4, 0.5) is 0 Å². The molecule has 0 radical (unpaired) electrons. The largest absolute Gasteiger partial charge is 0.309 e. The van der Waals surface area contributed by atoms with Crippen molar-refractivity contribution in [3.63, 3.8) is 0 Å². The molecule has 1 aliphatic rings. The maximum Gasteiger partial charge on any atom is 0.153 e. The number of Topliss-reactive ketones (excluding diaryl/α,β-unsaturated/α-hetero) is 1. The number of benzene rings is 1. The van der Waals surface area contributed by atoms with Crippen molar-refractivity contribution in [3.8, 4) is 0 Å². The summed E-state index contributed by atoms with van der Waals surface area (Å²) in [6.07, 6.45) is 4.13. The molecule has 2 atom stereocenters. The second kappa shape index (κ2) is 5.52. The van der Waals surface area contributed by atoms with Gasteiger partial charge in [0.05, 0.1) is 5.92 Å². The summed E-state index contributed by atoms with van der Waals surface area (Å²) in [5, 5.41) is 8.09. The number of ketones is 1. The fourth-order valence-electron chi connectivity index (χ4n) is 2.77. The van der Waals surface area contributed by atoms with Gasteiger partial charge in [0.15, 0.2) is 5.78 Å². The predicted octanol–water partition coefficient (Wildman–Crippen LogP) is 3.69. The molecule has 0 spiro atoms. The first-order chi connectivity index (χ1) is 9.10. The zero-order valence-electron chi connectivity index (χ0n) is 11.7. The van der Waals surface area contributed by atoms with Gasteiger partial charge in [0, 0.05) is 11.6 Å². The van der Waals surface area contributed by atoms with Crippen LogP contribution >= 0.6 is 0 Å². The number of rotatable bonds is 4. The van der Waals surface area contributed by atoms with Gasteiger partial charge < -0.3 is 5.41 Å². The van der Waals surface area contributed by atoms with Gasteiger partial charge in [-0.15, -0.1) is 6.58 Å². The fraction of sp³-hybridized carbons (Fsp3) is 0.412. The third-order valence-corrected chi connectivity index (χ3v) is 3.95. The molecule has 19 heavy (non-hydrogen) atoms. The van der Waals surface area contributed by atoms with Gasteiger partial charge >= 0.3 is 0 Å². The zero-order valence-corrected chi connectivity index (χ0v) is 11.7. The van der Waals surface area contributed by atoms with Gasteiger partial charge in [-0.2, -0.15) is 0 Å². The van der Waals surface area contributed by atoms with Gasteiger partial charge in [0.1, 0.15) is 0 Å². The van der Waals surface area contributed by atoms with Crippen molar-refractivity contribution in [3.05, 3.63) is 47.5 Å².